The highest BCUT2D eigenvalue weighted by Gasteiger charge is 2.18. The van der Waals surface area contributed by atoms with E-state index in [0.29, 0.717) is 16.8 Å². The molecule has 0 spiro atoms. The molecule has 1 unspecified atom stereocenters. The first-order valence-corrected chi connectivity index (χ1v) is 9.89. The van der Waals surface area contributed by atoms with Crippen molar-refractivity contribution >= 4 is 17.4 Å². The maximum atomic E-state index is 12.4. The summed E-state index contributed by atoms with van der Waals surface area (Å²) in [7, 11) is 0. The number of carbonyl (C=O) groups excluding carboxylic acids is 2. The number of carbonyl (C=O) groups is 2. The molecule has 30 heavy (non-hydrogen) atoms. The Balaban J connectivity index is 1.72. The number of phenols is 1. The van der Waals surface area contributed by atoms with Gasteiger partial charge < -0.3 is 15.2 Å². The van der Waals surface area contributed by atoms with Crippen molar-refractivity contribution in [2.24, 2.45) is 0 Å². The molecule has 0 radical (unpaired) electrons. The van der Waals surface area contributed by atoms with Crippen LogP contribution in [0.2, 0.25) is 0 Å². The van der Waals surface area contributed by atoms with E-state index in [1.165, 1.54) is 6.92 Å². The van der Waals surface area contributed by atoms with Crippen molar-refractivity contribution in [1.82, 2.24) is 0 Å². The molecule has 0 amide bonds. The number of rotatable bonds is 8. The summed E-state index contributed by atoms with van der Waals surface area (Å²) in [5, 5.41) is 12.8. The quantitative estimate of drug-likeness (QED) is 0.305. The third-order valence-electron chi connectivity index (χ3n) is 4.79. The van der Waals surface area contributed by atoms with Gasteiger partial charge in [0.25, 0.3) is 0 Å². The Hall–Kier alpha value is -3.60. The fourth-order valence-corrected chi connectivity index (χ4v) is 3.22. The number of ketones is 1. The largest absolute Gasteiger partial charge is 0.508 e. The average Bonchev–Trinajstić information content (AvgIpc) is 2.74. The lowest BCUT2D eigenvalue weighted by atomic mass is 10.0. The molecule has 0 aliphatic rings. The first-order chi connectivity index (χ1) is 14.4. The fraction of sp³-hybridized carbons (Fsp3) is 0.200. The molecule has 5 nitrogen and oxygen atoms in total. The van der Waals surface area contributed by atoms with Gasteiger partial charge in [0.05, 0.1) is 11.1 Å². The number of nitrogens with one attached hydrogen (secondary N) is 1. The van der Waals surface area contributed by atoms with Crippen LogP contribution in [0.4, 0.5) is 5.69 Å². The van der Waals surface area contributed by atoms with Crippen LogP contribution in [-0.4, -0.2) is 22.9 Å². The number of aromatic hydroxyl groups is 1. The second-order valence-corrected chi connectivity index (χ2v) is 7.24. The van der Waals surface area contributed by atoms with Crippen molar-refractivity contribution in [2.45, 2.75) is 32.7 Å². The highest BCUT2D eigenvalue weighted by molar-refractivity contribution is 6.03. The molecule has 5 heteroatoms. The van der Waals surface area contributed by atoms with Crippen molar-refractivity contribution < 1.29 is 19.4 Å². The number of ether oxygens (including phenoxy) is 1. The molecule has 0 saturated carbocycles. The molecule has 1 atom stereocenters. The van der Waals surface area contributed by atoms with Gasteiger partial charge in [0.15, 0.2) is 5.78 Å². The number of Topliss-reactive ketones (excluding diaryl/α,β-unsaturated/α-hetero) is 1. The van der Waals surface area contributed by atoms with E-state index in [4.69, 9.17) is 4.74 Å². The minimum absolute atomic E-state index is 0.0805. The van der Waals surface area contributed by atoms with Crippen LogP contribution < -0.4 is 10.1 Å². The summed E-state index contributed by atoms with van der Waals surface area (Å²) in [6, 6.07) is 21.1. The van der Waals surface area contributed by atoms with Crippen molar-refractivity contribution in [3.63, 3.8) is 0 Å². The normalized spacial score (nSPS) is 11.5. The summed E-state index contributed by atoms with van der Waals surface area (Å²) in [4.78, 5) is 24.8. The van der Waals surface area contributed by atoms with Crippen molar-refractivity contribution in [3.8, 4) is 11.5 Å². The van der Waals surface area contributed by atoms with Crippen LogP contribution in [0.25, 0.3) is 0 Å². The Kier molecular flexibility index (Phi) is 6.86. The van der Waals surface area contributed by atoms with Crippen molar-refractivity contribution in [2.75, 3.05) is 5.32 Å². The molecular formula is C25H25NO4. The smallest absolute Gasteiger partial charge is 0.343 e. The molecule has 0 aliphatic heterocycles. The summed E-state index contributed by atoms with van der Waals surface area (Å²) in [5.41, 5.74) is 2.55. The Labute approximate surface area is 176 Å². The predicted octanol–water partition coefficient (Wildman–Crippen LogP) is 5.25. The van der Waals surface area contributed by atoms with Crippen LogP contribution in [-0.2, 0) is 6.42 Å². The SMILES string of the molecule is CC(=O)c1c(NC(C)CCc2ccc(O)cc2)cccc1OC(=O)c1ccccc1. The highest BCUT2D eigenvalue weighted by atomic mass is 16.5. The summed E-state index contributed by atoms with van der Waals surface area (Å²) in [6.45, 7) is 3.49. The average molecular weight is 403 g/mol. The molecule has 0 aromatic heterocycles. The fourth-order valence-electron chi connectivity index (χ4n) is 3.22. The van der Waals surface area contributed by atoms with Gasteiger partial charge in [-0.3, -0.25) is 4.79 Å². The van der Waals surface area contributed by atoms with E-state index in [1.807, 2.05) is 31.2 Å². The summed E-state index contributed by atoms with van der Waals surface area (Å²) in [6.07, 6.45) is 1.66. The van der Waals surface area contributed by atoms with E-state index >= 15 is 0 Å². The van der Waals surface area contributed by atoms with Gasteiger partial charge in [-0.15, -0.1) is 0 Å². The molecule has 0 aliphatic carbocycles. The van der Waals surface area contributed by atoms with Crippen LogP contribution in [0.3, 0.4) is 0 Å². The number of benzene rings is 3. The zero-order valence-electron chi connectivity index (χ0n) is 17.1. The van der Waals surface area contributed by atoms with Crippen molar-refractivity contribution in [1.29, 1.82) is 0 Å². The monoisotopic (exact) mass is 403 g/mol. The summed E-state index contributed by atoms with van der Waals surface area (Å²) >= 11 is 0. The van der Waals surface area contributed by atoms with E-state index in [0.717, 1.165) is 18.4 Å². The first kappa shape index (κ1) is 21.1. The van der Waals surface area contributed by atoms with Crippen LogP contribution in [0.5, 0.6) is 11.5 Å². The molecule has 2 N–H and O–H groups in total. The van der Waals surface area contributed by atoms with Gasteiger partial charge >= 0.3 is 5.97 Å². The molecule has 3 aromatic carbocycles. The Morgan fingerprint density at radius 1 is 0.967 bits per heavy atom. The Morgan fingerprint density at radius 2 is 1.67 bits per heavy atom. The zero-order chi connectivity index (χ0) is 21.5. The topological polar surface area (TPSA) is 75.6 Å². The van der Waals surface area contributed by atoms with E-state index < -0.39 is 5.97 Å². The standard InChI is InChI=1S/C25H25NO4/c1-17(11-12-19-13-15-21(28)16-14-19)26-22-9-6-10-23(24(22)18(2)27)30-25(29)20-7-4-3-5-8-20/h3-10,13-17,26,28H,11-12H2,1-2H3. The van der Waals surface area contributed by atoms with E-state index in [1.54, 1.807) is 48.5 Å². The Bertz CT molecular complexity index is 1010. The minimum Gasteiger partial charge on any atom is -0.508 e. The molecule has 0 bridgehead atoms. The van der Waals surface area contributed by atoms with Crippen LogP contribution in [0.15, 0.2) is 72.8 Å². The molecule has 0 heterocycles. The number of aryl methyl sites for hydroxylation is 1. The number of hydrogen-bond donors (Lipinski definition) is 2. The van der Waals surface area contributed by atoms with Gasteiger partial charge in [0.1, 0.15) is 11.5 Å². The third kappa shape index (κ3) is 5.47. The van der Waals surface area contributed by atoms with Gasteiger partial charge in [-0.2, -0.15) is 0 Å². The lowest BCUT2D eigenvalue weighted by Gasteiger charge is -2.19. The molecule has 0 saturated heterocycles. The lowest BCUT2D eigenvalue weighted by molar-refractivity contribution is 0.0733. The first-order valence-electron chi connectivity index (χ1n) is 9.89. The molecule has 154 valence electrons. The highest BCUT2D eigenvalue weighted by Crippen LogP contribution is 2.29. The van der Waals surface area contributed by atoms with Crippen LogP contribution >= 0.6 is 0 Å². The van der Waals surface area contributed by atoms with E-state index in [-0.39, 0.29) is 23.3 Å². The predicted molar refractivity (Wildman–Crippen MR) is 117 cm³/mol. The molecule has 3 aromatic rings. The van der Waals surface area contributed by atoms with Crippen LogP contribution in [0.1, 0.15) is 46.5 Å². The van der Waals surface area contributed by atoms with Gasteiger partial charge in [0.2, 0.25) is 0 Å². The number of hydrogen-bond acceptors (Lipinski definition) is 5. The lowest BCUT2D eigenvalue weighted by Crippen LogP contribution is -2.19. The minimum atomic E-state index is -0.504. The van der Waals surface area contributed by atoms with E-state index in [2.05, 4.69) is 5.32 Å². The maximum Gasteiger partial charge on any atom is 0.343 e. The summed E-state index contributed by atoms with van der Waals surface area (Å²) < 4.78 is 5.53. The van der Waals surface area contributed by atoms with E-state index in [9.17, 15) is 14.7 Å². The van der Waals surface area contributed by atoms with Crippen molar-refractivity contribution in [3.05, 3.63) is 89.5 Å². The number of esters is 1. The number of phenolic OH excluding ortho intramolecular Hbond substituents is 1. The third-order valence-corrected chi connectivity index (χ3v) is 4.79. The second-order valence-electron chi connectivity index (χ2n) is 7.24. The van der Waals surface area contributed by atoms with Crippen LogP contribution in [0, 0.1) is 0 Å². The molecular weight excluding hydrogens is 378 g/mol. The Morgan fingerprint density at radius 3 is 2.33 bits per heavy atom. The zero-order valence-corrected chi connectivity index (χ0v) is 17.1. The van der Waals surface area contributed by atoms with Gasteiger partial charge in [-0.05, 0) is 68.7 Å². The van der Waals surface area contributed by atoms with Gasteiger partial charge in [0, 0.05) is 11.7 Å². The second kappa shape index (κ2) is 9.74. The number of anilines is 1. The molecule has 3 rings (SSSR count). The van der Waals surface area contributed by atoms with Gasteiger partial charge in [-0.1, -0.05) is 36.4 Å². The summed E-state index contributed by atoms with van der Waals surface area (Å²) in [5.74, 6) is -0.194. The maximum absolute atomic E-state index is 12.4. The van der Waals surface area contributed by atoms with Gasteiger partial charge in [-0.25, -0.2) is 4.79 Å². The molecule has 0 fully saturated rings.